The maximum absolute atomic E-state index is 12.8. The summed E-state index contributed by atoms with van der Waals surface area (Å²) in [7, 11) is 0. The maximum Gasteiger partial charge on any atom is 0.246 e. The van der Waals surface area contributed by atoms with Gasteiger partial charge in [-0.3, -0.25) is 4.79 Å². The van der Waals surface area contributed by atoms with Crippen molar-refractivity contribution in [1.82, 2.24) is 19.7 Å². The van der Waals surface area contributed by atoms with Gasteiger partial charge in [-0.15, -0.1) is 11.3 Å². The highest BCUT2D eigenvalue weighted by atomic mass is 32.1. The van der Waals surface area contributed by atoms with Gasteiger partial charge in [0, 0.05) is 36.8 Å². The van der Waals surface area contributed by atoms with E-state index >= 15 is 0 Å². The van der Waals surface area contributed by atoms with Crippen molar-refractivity contribution in [3.8, 4) is 5.69 Å². The summed E-state index contributed by atoms with van der Waals surface area (Å²) in [6.07, 6.45) is 9.29. The van der Waals surface area contributed by atoms with E-state index in [2.05, 4.69) is 17.2 Å². The van der Waals surface area contributed by atoms with Crippen LogP contribution >= 0.6 is 11.3 Å². The molecule has 0 N–H and O–H groups in total. The summed E-state index contributed by atoms with van der Waals surface area (Å²) >= 11 is 1.75. The van der Waals surface area contributed by atoms with E-state index in [-0.39, 0.29) is 5.91 Å². The standard InChI is InChI=1S/C24H22N4OS/c29-23(13-12-18-15-25-28(16-18)20-8-2-1-3-9-20)27-14-6-7-19(17-27)24-26-21-10-4-5-11-22(21)30-24/h1-5,8-13,15-16,19H,6-7,14,17H2. The van der Waals surface area contributed by atoms with Crippen molar-refractivity contribution in [1.29, 1.82) is 0 Å². The molecule has 4 aromatic rings. The normalized spacial score (nSPS) is 17.1. The van der Waals surface area contributed by atoms with Crippen LogP contribution in [0.5, 0.6) is 0 Å². The molecule has 0 radical (unpaired) electrons. The Bertz CT molecular complexity index is 1160. The highest BCUT2D eigenvalue weighted by molar-refractivity contribution is 7.18. The summed E-state index contributed by atoms with van der Waals surface area (Å²) in [5.41, 5.74) is 2.96. The van der Waals surface area contributed by atoms with Crippen LogP contribution in [0, 0.1) is 0 Å². The molecule has 0 aliphatic carbocycles. The third-order valence-corrected chi connectivity index (χ3v) is 6.63. The van der Waals surface area contributed by atoms with E-state index in [9.17, 15) is 4.79 Å². The molecule has 6 heteroatoms. The van der Waals surface area contributed by atoms with Crippen LogP contribution < -0.4 is 0 Å². The van der Waals surface area contributed by atoms with Crippen LogP contribution in [0.2, 0.25) is 0 Å². The number of para-hydroxylation sites is 2. The van der Waals surface area contributed by atoms with E-state index in [1.807, 2.05) is 64.3 Å². The fraction of sp³-hybridized carbons (Fsp3) is 0.208. The topological polar surface area (TPSA) is 51.0 Å². The van der Waals surface area contributed by atoms with Crippen molar-refractivity contribution >= 4 is 33.5 Å². The summed E-state index contributed by atoms with van der Waals surface area (Å²) in [5.74, 6) is 0.364. The minimum Gasteiger partial charge on any atom is -0.338 e. The quantitative estimate of drug-likeness (QED) is 0.446. The molecule has 1 saturated heterocycles. The van der Waals surface area contributed by atoms with Crippen molar-refractivity contribution in [2.24, 2.45) is 0 Å². The van der Waals surface area contributed by atoms with E-state index in [4.69, 9.17) is 4.98 Å². The van der Waals surface area contributed by atoms with Gasteiger partial charge in [-0.25, -0.2) is 9.67 Å². The summed E-state index contributed by atoms with van der Waals surface area (Å²) in [6, 6.07) is 18.2. The monoisotopic (exact) mass is 414 g/mol. The zero-order valence-electron chi connectivity index (χ0n) is 16.5. The Morgan fingerprint density at radius 2 is 1.93 bits per heavy atom. The Labute approximate surface area is 179 Å². The summed E-state index contributed by atoms with van der Waals surface area (Å²) in [6.45, 7) is 1.53. The molecule has 0 spiro atoms. The fourth-order valence-electron chi connectivity index (χ4n) is 3.86. The van der Waals surface area contributed by atoms with Crippen LogP contribution in [0.15, 0.2) is 73.1 Å². The van der Waals surface area contributed by atoms with Crippen LogP contribution in [-0.2, 0) is 4.79 Å². The van der Waals surface area contributed by atoms with Gasteiger partial charge in [-0.1, -0.05) is 30.3 Å². The van der Waals surface area contributed by atoms with Gasteiger partial charge in [0.25, 0.3) is 0 Å². The number of thiazole rings is 1. The molecule has 3 heterocycles. The van der Waals surface area contributed by atoms with Crippen molar-refractivity contribution in [2.45, 2.75) is 18.8 Å². The van der Waals surface area contributed by atoms with Gasteiger partial charge >= 0.3 is 0 Å². The first-order chi connectivity index (χ1) is 14.8. The number of aromatic nitrogens is 3. The second kappa shape index (κ2) is 8.24. The predicted octanol–water partition coefficient (Wildman–Crippen LogP) is 4.90. The zero-order chi connectivity index (χ0) is 20.3. The van der Waals surface area contributed by atoms with Gasteiger partial charge in [0.2, 0.25) is 5.91 Å². The molecular weight excluding hydrogens is 392 g/mol. The van der Waals surface area contributed by atoms with Crippen molar-refractivity contribution in [3.63, 3.8) is 0 Å². The first kappa shape index (κ1) is 18.8. The number of likely N-dealkylation sites (tertiary alicyclic amines) is 1. The molecule has 1 amide bonds. The van der Waals surface area contributed by atoms with Gasteiger partial charge in [0.05, 0.1) is 27.1 Å². The molecule has 30 heavy (non-hydrogen) atoms. The molecule has 1 aliphatic rings. The summed E-state index contributed by atoms with van der Waals surface area (Å²) in [5, 5.41) is 5.52. The Kier molecular flexibility index (Phi) is 5.15. The minimum absolute atomic E-state index is 0.0493. The SMILES string of the molecule is O=C(C=Cc1cnn(-c2ccccc2)c1)N1CCCC(c2nc3ccccc3s2)C1. The average molecular weight is 415 g/mol. The Balaban J connectivity index is 1.26. The number of rotatable bonds is 4. The van der Waals surface area contributed by atoms with Crippen LogP contribution in [-0.4, -0.2) is 38.7 Å². The maximum atomic E-state index is 12.8. The molecule has 2 aromatic carbocycles. The fourth-order valence-corrected chi connectivity index (χ4v) is 4.95. The third kappa shape index (κ3) is 3.91. The second-order valence-corrected chi connectivity index (χ2v) is 8.59. The van der Waals surface area contributed by atoms with E-state index in [1.54, 1.807) is 23.6 Å². The highest BCUT2D eigenvalue weighted by Gasteiger charge is 2.26. The molecule has 1 aliphatic heterocycles. The first-order valence-electron chi connectivity index (χ1n) is 10.2. The molecule has 1 atom stereocenters. The Morgan fingerprint density at radius 1 is 1.10 bits per heavy atom. The predicted molar refractivity (Wildman–Crippen MR) is 121 cm³/mol. The average Bonchev–Trinajstić information content (AvgIpc) is 3.45. The molecule has 1 unspecified atom stereocenters. The van der Waals surface area contributed by atoms with Crippen molar-refractivity contribution in [3.05, 3.63) is 83.6 Å². The van der Waals surface area contributed by atoms with Gasteiger partial charge in [-0.05, 0) is 43.2 Å². The zero-order valence-corrected chi connectivity index (χ0v) is 17.3. The molecule has 0 saturated carbocycles. The number of carbonyl (C=O) groups excluding carboxylic acids is 1. The van der Waals surface area contributed by atoms with Crippen molar-refractivity contribution in [2.75, 3.05) is 13.1 Å². The van der Waals surface area contributed by atoms with Gasteiger partial charge < -0.3 is 4.90 Å². The molecule has 1 fully saturated rings. The second-order valence-electron chi connectivity index (χ2n) is 7.53. The molecule has 2 aromatic heterocycles. The van der Waals surface area contributed by atoms with Gasteiger partial charge in [0.1, 0.15) is 0 Å². The van der Waals surface area contributed by atoms with E-state index in [0.29, 0.717) is 5.92 Å². The minimum atomic E-state index is 0.0493. The molecule has 0 bridgehead atoms. The molecule has 5 nitrogen and oxygen atoms in total. The largest absolute Gasteiger partial charge is 0.338 e. The number of benzene rings is 2. The van der Waals surface area contributed by atoms with Crippen LogP contribution in [0.25, 0.3) is 22.0 Å². The summed E-state index contributed by atoms with van der Waals surface area (Å²) in [4.78, 5) is 19.5. The number of nitrogens with zero attached hydrogens (tertiary/aromatic N) is 4. The molecular formula is C24H22N4OS. The lowest BCUT2D eigenvalue weighted by Crippen LogP contribution is -2.38. The Morgan fingerprint density at radius 3 is 2.80 bits per heavy atom. The molecule has 150 valence electrons. The van der Waals surface area contributed by atoms with Crippen LogP contribution in [0.1, 0.15) is 29.3 Å². The smallest absolute Gasteiger partial charge is 0.246 e. The van der Waals surface area contributed by atoms with Crippen LogP contribution in [0.3, 0.4) is 0 Å². The highest BCUT2D eigenvalue weighted by Crippen LogP contribution is 2.33. The van der Waals surface area contributed by atoms with E-state index in [1.165, 1.54) is 4.70 Å². The third-order valence-electron chi connectivity index (χ3n) is 5.43. The number of amides is 1. The Hall–Kier alpha value is -3.25. The summed E-state index contributed by atoms with van der Waals surface area (Å²) < 4.78 is 3.03. The van der Waals surface area contributed by atoms with E-state index in [0.717, 1.165) is 47.7 Å². The van der Waals surface area contributed by atoms with Gasteiger partial charge in [0.15, 0.2) is 0 Å². The molecule has 5 rings (SSSR count). The number of hydrogen-bond acceptors (Lipinski definition) is 4. The lowest BCUT2D eigenvalue weighted by Gasteiger charge is -2.31. The number of carbonyl (C=O) groups is 1. The number of piperidine rings is 1. The number of hydrogen-bond donors (Lipinski definition) is 0. The lowest BCUT2D eigenvalue weighted by atomic mass is 9.98. The van der Waals surface area contributed by atoms with E-state index < -0.39 is 0 Å². The van der Waals surface area contributed by atoms with Crippen LogP contribution in [0.4, 0.5) is 0 Å². The number of fused-ring (bicyclic) bond motifs is 1. The van der Waals surface area contributed by atoms with Crippen molar-refractivity contribution < 1.29 is 4.79 Å². The first-order valence-corrected chi connectivity index (χ1v) is 11.0. The lowest BCUT2D eigenvalue weighted by molar-refractivity contribution is -0.127. The van der Waals surface area contributed by atoms with Gasteiger partial charge in [-0.2, -0.15) is 5.10 Å².